The summed E-state index contributed by atoms with van der Waals surface area (Å²) in [5.41, 5.74) is 5.26. The van der Waals surface area contributed by atoms with Crippen LogP contribution in [0.4, 0.5) is 0 Å². The van der Waals surface area contributed by atoms with Crippen molar-refractivity contribution in [3.63, 3.8) is 0 Å². The molecule has 158 valence electrons. The van der Waals surface area contributed by atoms with E-state index in [9.17, 15) is 9.90 Å². The van der Waals surface area contributed by atoms with Crippen LogP contribution in [0.15, 0.2) is 48.5 Å². The van der Waals surface area contributed by atoms with Crippen LogP contribution in [0.3, 0.4) is 0 Å². The number of rotatable bonds is 6. The summed E-state index contributed by atoms with van der Waals surface area (Å²) in [6, 6.07) is 14.7. The van der Waals surface area contributed by atoms with Crippen molar-refractivity contribution in [2.45, 2.75) is 27.3 Å². The van der Waals surface area contributed by atoms with Crippen molar-refractivity contribution in [3.8, 4) is 17.0 Å². The Morgan fingerprint density at radius 2 is 1.94 bits per heavy atom. The maximum Gasteiger partial charge on any atom is 0.354 e. The molecule has 2 aromatic carbocycles. The first-order chi connectivity index (χ1) is 14.9. The molecule has 6 nitrogen and oxygen atoms in total. The summed E-state index contributed by atoms with van der Waals surface area (Å²) >= 11 is 6.51. The number of carboxylic acid groups (broad SMARTS) is 1. The Morgan fingerprint density at radius 3 is 2.65 bits per heavy atom. The van der Waals surface area contributed by atoms with E-state index in [0.717, 1.165) is 39.3 Å². The van der Waals surface area contributed by atoms with E-state index in [1.807, 2.05) is 57.2 Å². The van der Waals surface area contributed by atoms with Crippen LogP contribution >= 0.6 is 11.6 Å². The molecular formula is C24H22ClN3O3. The van der Waals surface area contributed by atoms with Gasteiger partial charge in [0.15, 0.2) is 0 Å². The van der Waals surface area contributed by atoms with E-state index >= 15 is 0 Å². The number of fused-ring (bicyclic) bond motifs is 1. The van der Waals surface area contributed by atoms with Gasteiger partial charge in [-0.05, 0) is 68.3 Å². The lowest BCUT2D eigenvalue weighted by atomic mass is 10.1. The summed E-state index contributed by atoms with van der Waals surface area (Å²) < 4.78 is 7.63. The maximum atomic E-state index is 11.3. The first-order valence-electron chi connectivity index (χ1n) is 9.96. The highest BCUT2D eigenvalue weighted by atomic mass is 35.5. The van der Waals surface area contributed by atoms with Gasteiger partial charge in [0.25, 0.3) is 0 Å². The number of pyridine rings is 1. The Kier molecular flexibility index (Phi) is 5.65. The molecule has 1 N–H and O–H groups in total. The van der Waals surface area contributed by atoms with Crippen molar-refractivity contribution in [2.75, 3.05) is 6.61 Å². The summed E-state index contributed by atoms with van der Waals surface area (Å²) in [6.07, 6.45) is 0. The summed E-state index contributed by atoms with van der Waals surface area (Å²) in [7, 11) is 0. The van der Waals surface area contributed by atoms with Gasteiger partial charge in [0.05, 0.1) is 29.9 Å². The number of carboxylic acids is 1. The Bertz CT molecular complexity index is 1300. The third-order valence-electron chi connectivity index (χ3n) is 5.16. The molecule has 2 aromatic heterocycles. The van der Waals surface area contributed by atoms with E-state index < -0.39 is 5.97 Å². The van der Waals surface area contributed by atoms with Crippen LogP contribution in [0, 0.1) is 13.8 Å². The zero-order chi connectivity index (χ0) is 22.1. The molecule has 2 heterocycles. The number of ether oxygens (including phenoxy) is 1. The van der Waals surface area contributed by atoms with E-state index in [2.05, 4.69) is 9.55 Å². The third kappa shape index (κ3) is 4.11. The first kappa shape index (κ1) is 20.9. The second-order valence-corrected chi connectivity index (χ2v) is 7.71. The Hall–Kier alpha value is -3.38. The number of aryl methyl sites for hydroxylation is 2. The second kappa shape index (κ2) is 8.40. The number of aromatic nitrogens is 3. The highest BCUT2D eigenvalue weighted by Gasteiger charge is 2.15. The lowest BCUT2D eigenvalue weighted by Crippen LogP contribution is -2.03. The molecule has 0 radical (unpaired) electrons. The first-order valence-corrected chi connectivity index (χ1v) is 10.3. The predicted octanol–water partition coefficient (Wildman–Crippen LogP) is 5.51. The van der Waals surface area contributed by atoms with Crippen molar-refractivity contribution >= 4 is 28.6 Å². The van der Waals surface area contributed by atoms with Gasteiger partial charge in [-0.1, -0.05) is 23.7 Å². The molecule has 0 amide bonds. The van der Waals surface area contributed by atoms with E-state index in [1.165, 1.54) is 6.07 Å². The zero-order valence-electron chi connectivity index (χ0n) is 17.5. The van der Waals surface area contributed by atoms with Crippen LogP contribution in [0.1, 0.15) is 34.4 Å². The average Bonchev–Trinajstić information content (AvgIpc) is 3.06. The van der Waals surface area contributed by atoms with Crippen LogP contribution in [0.2, 0.25) is 5.02 Å². The van der Waals surface area contributed by atoms with Gasteiger partial charge in [0.2, 0.25) is 0 Å². The number of nitrogens with zero attached hydrogens (tertiary/aromatic N) is 3. The summed E-state index contributed by atoms with van der Waals surface area (Å²) in [6.45, 7) is 7.03. The van der Waals surface area contributed by atoms with Crippen molar-refractivity contribution in [1.29, 1.82) is 0 Å². The van der Waals surface area contributed by atoms with Crippen LogP contribution in [-0.2, 0) is 6.54 Å². The smallest absolute Gasteiger partial charge is 0.354 e. The molecule has 0 bridgehead atoms. The average molecular weight is 436 g/mol. The summed E-state index contributed by atoms with van der Waals surface area (Å²) in [5.74, 6) is 0.559. The number of carbonyl (C=O) groups is 1. The molecule has 0 spiro atoms. The van der Waals surface area contributed by atoms with Crippen LogP contribution in [0.5, 0.6) is 5.75 Å². The summed E-state index contributed by atoms with van der Waals surface area (Å²) in [5, 5.41) is 9.91. The molecule has 7 heteroatoms. The lowest BCUT2D eigenvalue weighted by Gasteiger charge is -2.12. The van der Waals surface area contributed by atoms with Gasteiger partial charge in [0.1, 0.15) is 17.3 Å². The molecule has 0 aliphatic carbocycles. The quantitative estimate of drug-likeness (QED) is 0.432. The molecule has 0 fully saturated rings. The van der Waals surface area contributed by atoms with E-state index in [0.29, 0.717) is 23.9 Å². The highest BCUT2D eigenvalue weighted by molar-refractivity contribution is 6.31. The van der Waals surface area contributed by atoms with E-state index in [1.54, 1.807) is 6.07 Å². The van der Waals surface area contributed by atoms with Gasteiger partial charge < -0.3 is 14.4 Å². The largest absolute Gasteiger partial charge is 0.494 e. The fourth-order valence-electron chi connectivity index (χ4n) is 3.65. The standard InChI is InChI=1S/C24H22ClN3O3/c1-4-31-18-9-8-16(19(25)12-18)13-28-15(3)26-23-14(2)10-17(11-22(23)28)20-6-5-7-21(27-20)24(29)30/h5-12H,4,13H2,1-3H3,(H,29,30). The fourth-order valence-corrected chi connectivity index (χ4v) is 3.88. The van der Waals surface area contributed by atoms with Crippen molar-refractivity contribution in [3.05, 3.63) is 76.2 Å². The number of benzene rings is 2. The third-order valence-corrected chi connectivity index (χ3v) is 5.52. The Labute approximate surface area is 185 Å². The second-order valence-electron chi connectivity index (χ2n) is 7.31. The molecule has 0 atom stereocenters. The van der Waals surface area contributed by atoms with Gasteiger partial charge in [-0.3, -0.25) is 0 Å². The highest BCUT2D eigenvalue weighted by Crippen LogP contribution is 2.30. The Balaban J connectivity index is 1.79. The molecule has 0 aliphatic heterocycles. The maximum absolute atomic E-state index is 11.3. The molecular weight excluding hydrogens is 414 g/mol. The number of aromatic carboxylic acids is 1. The number of hydrogen-bond acceptors (Lipinski definition) is 4. The SMILES string of the molecule is CCOc1ccc(Cn2c(C)nc3c(C)cc(-c4cccc(C(=O)O)n4)cc32)c(Cl)c1. The molecule has 0 unspecified atom stereocenters. The normalized spacial score (nSPS) is 11.1. The summed E-state index contributed by atoms with van der Waals surface area (Å²) in [4.78, 5) is 20.4. The minimum atomic E-state index is -1.05. The van der Waals surface area contributed by atoms with E-state index in [4.69, 9.17) is 21.3 Å². The van der Waals surface area contributed by atoms with Gasteiger partial charge >= 0.3 is 5.97 Å². The van der Waals surface area contributed by atoms with Crippen molar-refractivity contribution in [2.24, 2.45) is 0 Å². The van der Waals surface area contributed by atoms with Gasteiger partial charge in [-0.15, -0.1) is 0 Å². The van der Waals surface area contributed by atoms with E-state index in [-0.39, 0.29) is 5.69 Å². The monoisotopic (exact) mass is 435 g/mol. The fraction of sp³-hybridized carbons (Fsp3) is 0.208. The molecule has 0 saturated carbocycles. The molecule has 4 rings (SSSR count). The molecule has 0 saturated heterocycles. The molecule has 0 aliphatic rings. The van der Waals surface area contributed by atoms with Crippen LogP contribution < -0.4 is 4.74 Å². The number of halogens is 1. The van der Waals surface area contributed by atoms with Crippen molar-refractivity contribution in [1.82, 2.24) is 14.5 Å². The van der Waals surface area contributed by atoms with Crippen molar-refractivity contribution < 1.29 is 14.6 Å². The van der Waals surface area contributed by atoms with Gasteiger partial charge in [-0.2, -0.15) is 0 Å². The minimum absolute atomic E-state index is 0.0149. The topological polar surface area (TPSA) is 77.2 Å². The zero-order valence-corrected chi connectivity index (χ0v) is 18.3. The minimum Gasteiger partial charge on any atom is -0.494 e. The number of imidazole rings is 1. The Morgan fingerprint density at radius 1 is 1.13 bits per heavy atom. The predicted molar refractivity (Wildman–Crippen MR) is 121 cm³/mol. The van der Waals surface area contributed by atoms with Crippen LogP contribution in [-0.4, -0.2) is 32.2 Å². The molecule has 4 aromatic rings. The van der Waals surface area contributed by atoms with Gasteiger partial charge in [-0.25, -0.2) is 14.8 Å². The van der Waals surface area contributed by atoms with Crippen LogP contribution in [0.25, 0.3) is 22.3 Å². The molecule has 31 heavy (non-hydrogen) atoms. The number of hydrogen-bond donors (Lipinski definition) is 1. The van der Waals surface area contributed by atoms with Gasteiger partial charge in [0, 0.05) is 10.6 Å². The lowest BCUT2D eigenvalue weighted by molar-refractivity contribution is 0.0690.